The van der Waals surface area contributed by atoms with Gasteiger partial charge in [-0.05, 0) is 24.3 Å². The second kappa shape index (κ2) is 5.30. The van der Waals surface area contributed by atoms with Crippen molar-refractivity contribution in [2.45, 2.75) is 12.7 Å². The fourth-order valence-electron chi connectivity index (χ4n) is 2.06. The molecule has 0 bridgehead atoms. The highest BCUT2D eigenvalue weighted by Gasteiger charge is 2.33. The molecular formula is C13H10F3N5O2. The highest BCUT2D eigenvalue weighted by atomic mass is 19.4. The third-order valence-corrected chi connectivity index (χ3v) is 3.04. The number of anilines is 1. The lowest BCUT2D eigenvalue weighted by Gasteiger charge is -2.06. The Kier molecular flexibility index (Phi) is 3.43. The first kappa shape index (κ1) is 14.9. The zero-order valence-electron chi connectivity index (χ0n) is 11.4. The van der Waals surface area contributed by atoms with Gasteiger partial charge in [-0.3, -0.25) is 9.48 Å². The zero-order chi connectivity index (χ0) is 16.6. The van der Waals surface area contributed by atoms with E-state index >= 15 is 0 Å². The van der Waals surface area contributed by atoms with E-state index in [4.69, 9.17) is 0 Å². The smallest absolute Gasteiger partial charge is 0.324 e. The molecule has 2 heterocycles. The summed E-state index contributed by atoms with van der Waals surface area (Å²) in [7, 11) is 0. The molecule has 0 fully saturated rings. The summed E-state index contributed by atoms with van der Waals surface area (Å²) in [5, 5.41) is 5.82. The van der Waals surface area contributed by atoms with Crippen LogP contribution in [0.4, 0.5) is 18.9 Å². The minimum Gasteiger partial charge on any atom is -0.324 e. The van der Waals surface area contributed by atoms with Gasteiger partial charge in [-0.25, -0.2) is 4.79 Å². The van der Waals surface area contributed by atoms with E-state index in [1.807, 2.05) is 0 Å². The van der Waals surface area contributed by atoms with Crippen LogP contribution in [0.1, 0.15) is 5.69 Å². The van der Waals surface area contributed by atoms with Gasteiger partial charge in [-0.2, -0.15) is 18.3 Å². The molecule has 0 aliphatic heterocycles. The van der Waals surface area contributed by atoms with Gasteiger partial charge in [-0.1, -0.05) is 0 Å². The number of fused-ring (bicyclic) bond motifs is 1. The minimum atomic E-state index is -4.55. The fraction of sp³-hybridized carbons (Fsp3) is 0.154. The van der Waals surface area contributed by atoms with Crippen LogP contribution in [0.3, 0.4) is 0 Å². The van der Waals surface area contributed by atoms with Crippen molar-refractivity contribution in [1.29, 1.82) is 0 Å². The monoisotopic (exact) mass is 325 g/mol. The molecule has 7 nitrogen and oxygen atoms in total. The number of halogens is 3. The Morgan fingerprint density at radius 1 is 1.22 bits per heavy atom. The van der Waals surface area contributed by atoms with Crippen LogP contribution in [0.25, 0.3) is 11.0 Å². The maximum atomic E-state index is 12.4. The summed E-state index contributed by atoms with van der Waals surface area (Å²) in [6.07, 6.45) is -3.47. The number of aromatic amines is 2. The van der Waals surface area contributed by atoms with Crippen LogP contribution in [-0.4, -0.2) is 25.7 Å². The first-order valence-corrected chi connectivity index (χ1v) is 6.44. The lowest BCUT2D eigenvalue weighted by molar-refractivity contribution is -0.141. The quantitative estimate of drug-likeness (QED) is 0.684. The third-order valence-electron chi connectivity index (χ3n) is 3.04. The summed E-state index contributed by atoms with van der Waals surface area (Å²) >= 11 is 0. The average Bonchev–Trinajstić information content (AvgIpc) is 3.03. The maximum absolute atomic E-state index is 12.4. The molecule has 0 saturated heterocycles. The van der Waals surface area contributed by atoms with E-state index in [-0.39, 0.29) is 12.2 Å². The van der Waals surface area contributed by atoms with Crippen LogP contribution < -0.4 is 11.0 Å². The Bertz CT molecular complexity index is 921. The largest absolute Gasteiger partial charge is 0.435 e. The van der Waals surface area contributed by atoms with Crippen LogP contribution in [-0.2, 0) is 17.5 Å². The van der Waals surface area contributed by atoms with Crippen molar-refractivity contribution < 1.29 is 18.0 Å². The van der Waals surface area contributed by atoms with Crippen molar-refractivity contribution in [2.75, 3.05) is 5.32 Å². The molecule has 0 spiro atoms. The van der Waals surface area contributed by atoms with Crippen molar-refractivity contribution in [3.05, 3.63) is 46.6 Å². The first-order chi connectivity index (χ1) is 10.8. The topological polar surface area (TPSA) is 95.6 Å². The van der Waals surface area contributed by atoms with Gasteiger partial charge in [0, 0.05) is 11.9 Å². The molecule has 10 heteroatoms. The predicted molar refractivity (Wildman–Crippen MR) is 74.8 cm³/mol. The Morgan fingerprint density at radius 3 is 2.65 bits per heavy atom. The number of rotatable bonds is 3. The third kappa shape index (κ3) is 3.25. The second-order valence-corrected chi connectivity index (χ2v) is 4.78. The van der Waals surface area contributed by atoms with E-state index in [2.05, 4.69) is 20.4 Å². The molecule has 23 heavy (non-hydrogen) atoms. The highest BCUT2D eigenvalue weighted by Crippen LogP contribution is 2.27. The summed E-state index contributed by atoms with van der Waals surface area (Å²) in [5.74, 6) is -0.543. The highest BCUT2D eigenvalue weighted by molar-refractivity contribution is 5.92. The standard InChI is InChI=1S/C13H10F3N5O2/c14-13(15,16)10-3-4-21(20-10)6-11(22)17-7-1-2-8-9(5-7)19-12(23)18-8/h1-5H,6H2,(H,17,22)(H2,18,19,23). The number of aromatic nitrogens is 4. The van der Waals surface area contributed by atoms with Crippen LogP contribution in [0.2, 0.25) is 0 Å². The van der Waals surface area contributed by atoms with Crippen molar-refractivity contribution in [3.8, 4) is 0 Å². The van der Waals surface area contributed by atoms with Gasteiger partial charge in [0.1, 0.15) is 6.54 Å². The average molecular weight is 325 g/mol. The molecule has 3 aromatic rings. The Morgan fingerprint density at radius 2 is 1.96 bits per heavy atom. The number of amides is 1. The molecule has 120 valence electrons. The first-order valence-electron chi connectivity index (χ1n) is 6.44. The maximum Gasteiger partial charge on any atom is 0.435 e. The van der Waals surface area contributed by atoms with E-state index in [1.54, 1.807) is 12.1 Å². The molecular weight excluding hydrogens is 315 g/mol. The Balaban J connectivity index is 1.70. The van der Waals surface area contributed by atoms with Crippen molar-refractivity contribution in [3.63, 3.8) is 0 Å². The van der Waals surface area contributed by atoms with Gasteiger partial charge in [0.25, 0.3) is 0 Å². The fourth-order valence-corrected chi connectivity index (χ4v) is 2.06. The zero-order valence-corrected chi connectivity index (χ0v) is 11.4. The number of benzene rings is 1. The number of carbonyl (C=O) groups excluding carboxylic acids is 1. The van der Waals surface area contributed by atoms with Gasteiger partial charge < -0.3 is 15.3 Å². The van der Waals surface area contributed by atoms with Gasteiger partial charge in [0.15, 0.2) is 5.69 Å². The van der Waals surface area contributed by atoms with Crippen molar-refractivity contribution in [2.24, 2.45) is 0 Å². The summed E-state index contributed by atoms with van der Waals surface area (Å²) in [6.45, 7) is -0.363. The summed E-state index contributed by atoms with van der Waals surface area (Å²) in [5.41, 5.74) is 0.0541. The number of hydrogen-bond donors (Lipinski definition) is 3. The predicted octanol–water partition coefficient (Wildman–Crippen LogP) is 1.71. The summed E-state index contributed by atoms with van der Waals surface area (Å²) in [6, 6.07) is 5.49. The number of alkyl halides is 3. The number of nitrogens with one attached hydrogen (secondary N) is 3. The van der Waals surface area contributed by atoms with Crippen LogP contribution in [0.15, 0.2) is 35.3 Å². The van der Waals surface area contributed by atoms with E-state index in [1.165, 1.54) is 6.07 Å². The van der Waals surface area contributed by atoms with E-state index in [9.17, 15) is 22.8 Å². The molecule has 1 amide bonds. The lowest BCUT2D eigenvalue weighted by atomic mass is 10.3. The normalized spacial score (nSPS) is 11.8. The molecule has 0 unspecified atom stereocenters. The molecule has 0 aliphatic carbocycles. The summed E-state index contributed by atoms with van der Waals surface area (Å²) in [4.78, 5) is 28.1. The Labute approximate surface area is 126 Å². The van der Waals surface area contributed by atoms with Crippen LogP contribution in [0, 0.1) is 0 Å². The molecule has 2 aromatic heterocycles. The lowest BCUT2D eigenvalue weighted by Crippen LogP contribution is -2.19. The minimum absolute atomic E-state index is 0.363. The van der Waals surface area contributed by atoms with Gasteiger partial charge in [0.05, 0.1) is 11.0 Å². The SMILES string of the molecule is O=C(Cn1ccc(C(F)(F)F)n1)Nc1ccc2[nH]c(=O)[nH]c2c1. The van der Waals surface area contributed by atoms with Gasteiger partial charge in [-0.15, -0.1) is 0 Å². The second-order valence-electron chi connectivity index (χ2n) is 4.78. The molecule has 1 aromatic carbocycles. The number of hydrogen-bond acceptors (Lipinski definition) is 3. The molecule has 0 aliphatic rings. The van der Waals surface area contributed by atoms with Gasteiger partial charge in [0.2, 0.25) is 5.91 Å². The number of imidazole rings is 1. The van der Waals surface area contributed by atoms with Gasteiger partial charge >= 0.3 is 11.9 Å². The van der Waals surface area contributed by atoms with Crippen LogP contribution >= 0.6 is 0 Å². The van der Waals surface area contributed by atoms with E-state index < -0.39 is 17.8 Å². The molecule has 0 radical (unpaired) electrons. The molecule has 0 atom stereocenters. The van der Waals surface area contributed by atoms with E-state index in [0.29, 0.717) is 16.7 Å². The molecule has 3 N–H and O–H groups in total. The molecule has 3 rings (SSSR count). The Hall–Kier alpha value is -3.04. The number of nitrogens with zero attached hydrogens (tertiary/aromatic N) is 2. The molecule has 0 saturated carbocycles. The van der Waals surface area contributed by atoms with Crippen molar-refractivity contribution >= 4 is 22.6 Å². The number of H-pyrrole nitrogens is 2. The van der Waals surface area contributed by atoms with E-state index in [0.717, 1.165) is 16.9 Å². The van der Waals surface area contributed by atoms with Crippen molar-refractivity contribution in [1.82, 2.24) is 19.7 Å². The summed E-state index contributed by atoms with van der Waals surface area (Å²) < 4.78 is 38.2. The van der Waals surface area contributed by atoms with Crippen LogP contribution in [0.5, 0.6) is 0 Å². The number of carbonyl (C=O) groups is 1.